The maximum atomic E-state index is 11.6. The largest absolute Gasteiger partial charge is 0.409 e. The number of nitrogens with two attached hydrogens (primary N) is 1. The molecule has 0 aromatic heterocycles. The van der Waals surface area contributed by atoms with E-state index in [1.807, 2.05) is 0 Å². The van der Waals surface area contributed by atoms with Gasteiger partial charge in [-0.25, -0.2) is 0 Å². The molecule has 0 heterocycles. The lowest BCUT2D eigenvalue weighted by Crippen LogP contribution is -2.44. The first-order chi connectivity index (χ1) is 6.36. The highest BCUT2D eigenvalue weighted by molar-refractivity contribution is 7.86. The van der Waals surface area contributed by atoms with Crippen molar-refractivity contribution in [2.45, 2.75) is 6.92 Å². The summed E-state index contributed by atoms with van der Waals surface area (Å²) in [4.78, 5) is 0. The summed E-state index contributed by atoms with van der Waals surface area (Å²) in [6, 6.07) is 0. The van der Waals surface area contributed by atoms with E-state index in [0.29, 0.717) is 0 Å². The Morgan fingerprint density at radius 2 is 2.00 bits per heavy atom. The van der Waals surface area contributed by atoms with Gasteiger partial charge < -0.3 is 10.9 Å². The molecule has 7 nitrogen and oxygen atoms in total. The topological polar surface area (TPSA) is 99.2 Å². The molecule has 84 valence electrons. The van der Waals surface area contributed by atoms with Crippen LogP contribution in [0.5, 0.6) is 0 Å². The summed E-state index contributed by atoms with van der Waals surface area (Å²) in [7, 11) is -0.658. The molecule has 0 radical (unpaired) electrons. The van der Waals surface area contributed by atoms with Gasteiger partial charge in [-0.2, -0.15) is 17.0 Å². The molecule has 0 aromatic carbocycles. The van der Waals surface area contributed by atoms with Crippen molar-refractivity contribution in [1.82, 2.24) is 8.61 Å². The van der Waals surface area contributed by atoms with Crippen LogP contribution in [0.3, 0.4) is 0 Å². The van der Waals surface area contributed by atoms with Crippen molar-refractivity contribution in [3.05, 3.63) is 0 Å². The van der Waals surface area contributed by atoms with Crippen LogP contribution >= 0.6 is 0 Å². The molecule has 0 saturated carbocycles. The van der Waals surface area contributed by atoms with Crippen molar-refractivity contribution in [1.29, 1.82) is 0 Å². The summed E-state index contributed by atoms with van der Waals surface area (Å²) in [6.45, 7) is 1.82. The van der Waals surface area contributed by atoms with Crippen LogP contribution in [0.15, 0.2) is 5.16 Å². The van der Waals surface area contributed by atoms with Crippen LogP contribution in [0.1, 0.15) is 6.92 Å². The van der Waals surface area contributed by atoms with Crippen molar-refractivity contribution < 1.29 is 13.6 Å². The summed E-state index contributed by atoms with van der Waals surface area (Å²) in [5.74, 6) is -0.141. The second kappa shape index (κ2) is 5.13. The van der Waals surface area contributed by atoms with Gasteiger partial charge in [-0.05, 0) is 0 Å². The van der Waals surface area contributed by atoms with Crippen LogP contribution in [-0.2, 0) is 10.2 Å². The first-order valence-electron chi connectivity index (χ1n) is 4.00. The third kappa shape index (κ3) is 3.13. The Hall–Kier alpha value is -0.860. The van der Waals surface area contributed by atoms with E-state index >= 15 is 0 Å². The molecular weight excluding hydrogens is 208 g/mol. The van der Waals surface area contributed by atoms with E-state index in [-0.39, 0.29) is 18.9 Å². The van der Waals surface area contributed by atoms with Gasteiger partial charge in [0.1, 0.15) is 0 Å². The lowest BCUT2D eigenvalue weighted by molar-refractivity contribution is 0.314. The Kier molecular flexibility index (Phi) is 4.81. The van der Waals surface area contributed by atoms with E-state index in [0.717, 1.165) is 8.61 Å². The van der Waals surface area contributed by atoms with E-state index in [1.165, 1.54) is 14.1 Å². The van der Waals surface area contributed by atoms with Crippen LogP contribution in [0.4, 0.5) is 0 Å². The van der Waals surface area contributed by atoms with Crippen LogP contribution in [0, 0.1) is 0 Å². The maximum absolute atomic E-state index is 11.6. The predicted molar refractivity (Wildman–Crippen MR) is 53.3 cm³/mol. The van der Waals surface area contributed by atoms with E-state index in [1.54, 1.807) is 6.92 Å². The Morgan fingerprint density at radius 1 is 1.50 bits per heavy atom. The van der Waals surface area contributed by atoms with E-state index in [9.17, 15) is 8.42 Å². The van der Waals surface area contributed by atoms with E-state index in [4.69, 9.17) is 10.9 Å². The number of likely N-dealkylation sites (N-methyl/N-ethyl adjacent to an activating group) is 1. The summed E-state index contributed by atoms with van der Waals surface area (Å²) >= 11 is 0. The molecule has 0 fully saturated rings. The van der Waals surface area contributed by atoms with Gasteiger partial charge in [0, 0.05) is 20.6 Å². The quantitative estimate of drug-likeness (QED) is 0.267. The number of hydrogen-bond donors (Lipinski definition) is 2. The molecule has 3 N–H and O–H groups in total. The van der Waals surface area contributed by atoms with Gasteiger partial charge in [0.05, 0.1) is 6.54 Å². The van der Waals surface area contributed by atoms with Crippen LogP contribution in [-0.4, -0.2) is 55.3 Å². The molecular formula is C6H16N4O3S. The summed E-state index contributed by atoms with van der Waals surface area (Å²) in [5, 5.41) is 11.0. The first kappa shape index (κ1) is 13.1. The van der Waals surface area contributed by atoms with Crippen LogP contribution in [0.2, 0.25) is 0 Å². The monoisotopic (exact) mass is 224 g/mol. The second-order valence-corrected chi connectivity index (χ2v) is 4.95. The number of hydrogen-bond acceptors (Lipinski definition) is 4. The number of amidine groups is 1. The Labute approximate surface area is 84.0 Å². The molecule has 0 saturated heterocycles. The van der Waals surface area contributed by atoms with E-state index in [2.05, 4.69) is 5.16 Å². The standard InChI is InChI=1S/C6H16N4O3S/c1-4-10(5-6(7)8-11)14(12,13)9(2)3/h11H,4-5H2,1-3H3,(H2,7,8). The van der Waals surface area contributed by atoms with Gasteiger partial charge >= 0.3 is 0 Å². The summed E-state index contributed by atoms with van der Waals surface area (Å²) in [6.07, 6.45) is 0. The third-order valence-electron chi connectivity index (χ3n) is 1.61. The normalized spacial score (nSPS) is 13.9. The highest BCUT2D eigenvalue weighted by Crippen LogP contribution is 2.02. The average Bonchev–Trinajstić information content (AvgIpc) is 2.12. The molecule has 0 spiro atoms. The molecule has 0 aliphatic heterocycles. The number of oxime groups is 1. The Bertz CT molecular complexity index is 298. The van der Waals surface area contributed by atoms with Crippen molar-refractivity contribution in [2.24, 2.45) is 10.9 Å². The van der Waals surface area contributed by atoms with Gasteiger partial charge in [-0.1, -0.05) is 12.1 Å². The third-order valence-corrected chi connectivity index (χ3v) is 3.57. The van der Waals surface area contributed by atoms with Gasteiger partial charge in [-0.3, -0.25) is 0 Å². The summed E-state index contributed by atoms with van der Waals surface area (Å²) < 4.78 is 25.3. The van der Waals surface area contributed by atoms with Crippen LogP contribution < -0.4 is 5.73 Å². The number of rotatable bonds is 5. The predicted octanol–water partition coefficient (Wildman–Crippen LogP) is -1.14. The average molecular weight is 224 g/mol. The lowest BCUT2D eigenvalue weighted by Gasteiger charge is -2.23. The van der Waals surface area contributed by atoms with Crippen LogP contribution in [0.25, 0.3) is 0 Å². The molecule has 0 unspecified atom stereocenters. The minimum Gasteiger partial charge on any atom is -0.409 e. The highest BCUT2D eigenvalue weighted by atomic mass is 32.2. The van der Waals surface area contributed by atoms with Crippen molar-refractivity contribution in [3.63, 3.8) is 0 Å². The molecule has 0 aliphatic carbocycles. The van der Waals surface area contributed by atoms with Crippen molar-refractivity contribution >= 4 is 16.0 Å². The molecule has 8 heteroatoms. The van der Waals surface area contributed by atoms with Gasteiger partial charge in [0.25, 0.3) is 10.2 Å². The Morgan fingerprint density at radius 3 is 2.29 bits per heavy atom. The smallest absolute Gasteiger partial charge is 0.281 e. The van der Waals surface area contributed by atoms with E-state index < -0.39 is 10.2 Å². The summed E-state index contributed by atoms with van der Waals surface area (Å²) in [5.41, 5.74) is 5.22. The van der Waals surface area contributed by atoms with Gasteiger partial charge in [-0.15, -0.1) is 0 Å². The molecule has 0 aliphatic rings. The lowest BCUT2D eigenvalue weighted by atomic mass is 10.6. The molecule has 0 atom stereocenters. The fraction of sp³-hybridized carbons (Fsp3) is 0.833. The van der Waals surface area contributed by atoms with Gasteiger partial charge in [0.15, 0.2) is 5.84 Å². The molecule has 0 aromatic rings. The minimum absolute atomic E-state index is 0.118. The second-order valence-electron chi connectivity index (χ2n) is 2.81. The fourth-order valence-corrected chi connectivity index (χ4v) is 1.88. The Balaban J connectivity index is 4.75. The fourth-order valence-electron chi connectivity index (χ4n) is 0.800. The molecule has 0 amide bonds. The zero-order chi connectivity index (χ0) is 11.4. The SMILES string of the molecule is CCN(CC(N)=NO)S(=O)(=O)N(C)C. The molecule has 14 heavy (non-hydrogen) atoms. The maximum Gasteiger partial charge on any atom is 0.281 e. The van der Waals surface area contributed by atoms with Gasteiger partial charge in [0.2, 0.25) is 0 Å². The minimum atomic E-state index is -3.50. The zero-order valence-electron chi connectivity index (χ0n) is 8.51. The highest BCUT2D eigenvalue weighted by Gasteiger charge is 2.23. The van der Waals surface area contributed by atoms with Crippen molar-refractivity contribution in [3.8, 4) is 0 Å². The first-order valence-corrected chi connectivity index (χ1v) is 5.40. The number of nitrogens with zero attached hydrogens (tertiary/aromatic N) is 3. The van der Waals surface area contributed by atoms with Crippen molar-refractivity contribution in [2.75, 3.05) is 27.2 Å². The molecule has 0 bridgehead atoms. The molecule has 0 rings (SSSR count). The zero-order valence-corrected chi connectivity index (χ0v) is 9.32.